The van der Waals surface area contributed by atoms with Crippen LogP contribution in [-0.2, 0) is 16.0 Å². The van der Waals surface area contributed by atoms with Gasteiger partial charge in [-0.25, -0.2) is 0 Å². The summed E-state index contributed by atoms with van der Waals surface area (Å²) in [6, 6.07) is 10.7. The standard InChI is InChI=1S/C19H30N2O2/c1-16(19(22)20-11-6-14-23-2)21-12-9-18(10-13-21)15-17-7-4-3-5-8-17/h3-5,7-8,16,18H,6,9-15H2,1-2H3,(H,20,22). The molecule has 0 bridgehead atoms. The minimum Gasteiger partial charge on any atom is -0.385 e. The first-order valence-electron chi connectivity index (χ1n) is 8.75. The lowest BCUT2D eigenvalue weighted by molar-refractivity contribution is -0.126. The van der Waals surface area contributed by atoms with Crippen LogP contribution in [0.2, 0.25) is 0 Å². The van der Waals surface area contributed by atoms with Crippen molar-refractivity contribution in [3.63, 3.8) is 0 Å². The van der Waals surface area contributed by atoms with Crippen LogP contribution in [0, 0.1) is 5.92 Å². The van der Waals surface area contributed by atoms with Gasteiger partial charge in [0.25, 0.3) is 0 Å². The first-order chi connectivity index (χ1) is 11.2. The van der Waals surface area contributed by atoms with Crippen molar-refractivity contribution in [2.45, 2.75) is 38.6 Å². The summed E-state index contributed by atoms with van der Waals surface area (Å²) >= 11 is 0. The molecule has 1 heterocycles. The molecule has 1 aliphatic heterocycles. The number of benzene rings is 1. The number of ether oxygens (including phenoxy) is 1. The average Bonchev–Trinajstić information content (AvgIpc) is 2.59. The molecular formula is C19H30N2O2. The maximum absolute atomic E-state index is 12.2. The van der Waals surface area contributed by atoms with Crippen molar-refractivity contribution in [3.05, 3.63) is 35.9 Å². The van der Waals surface area contributed by atoms with Gasteiger partial charge in [0.15, 0.2) is 0 Å². The second-order valence-electron chi connectivity index (χ2n) is 6.48. The fraction of sp³-hybridized carbons (Fsp3) is 0.632. The second-order valence-corrected chi connectivity index (χ2v) is 6.48. The molecule has 1 aromatic rings. The van der Waals surface area contributed by atoms with Gasteiger partial charge >= 0.3 is 0 Å². The summed E-state index contributed by atoms with van der Waals surface area (Å²) in [7, 11) is 1.68. The van der Waals surface area contributed by atoms with Gasteiger partial charge in [-0.2, -0.15) is 0 Å². The number of hydrogen-bond donors (Lipinski definition) is 1. The summed E-state index contributed by atoms with van der Waals surface area (Å²) in [4.78, 5) is 14.5. The van der Waals surface area contributed by atoms with Gasteiger partial charge in [0, 0.05) is 20.3 Å². The Balaban J connectivity index is 1.69. The Bertz CT molecular complexity index is 456. The van der Waals surface area contributed by atoms with Crippen LogP contribution in [0.3, 0.4) is 0 Å². The van der Waals surface area contributed by atoms with Gasteiger partial charge < -0.3 is 10.1 Å². The zero-order valence-electron chi connectivity index (χ0n) is 14.5. The molecular weight excluding hydrogens is 288 g/mol. The van der Waals surface area contributed by atoms with Crippen LogP contribution in [0.1, 0.15) is 31.7 Å². The third-order valence-corrected chi connectivity index (χ3v) is 4.77. The molecule has 1 aliphatic rings. The second kappa shape index (κ2) is 9.68. The molecule has 0 aromatic heterocycles. The molecule has 0 spiro atoms. The van der Waals surface area contributed by atoms with Crippen LogP contribution >= 0.6 is 0 Å². The Morgan fingerprint density at radius 3 is 2.65 bits per heavy atom. The number of amides is 1. The third-order valence-electron chi connectivity index (χ3n) is 4.77. The number of nitrogens with zero attached hydrogens (tertiary/aromatic N) is 1. The molecule has 4 heteroatoms. The zero-order chi connectivity index (χ0) is 16.5. The number of rotatable bonds is 8. The topological polar surface area (TPSA) is 41.6 Å². The fourth-order valence-corrected chi connectivity index (χ4v) is 3.23. The number of piperidine rings is 1. The molecule has 1 atom stereocenters. The van der Waals surface area contributed by atoms with Gasteiger partial charge in [-0.15, -0.1) is 0 Å². The predicted molar refractivity (Wildman–Crippen MR) is 93.4 cm³/mol. The van der Waals surface area contributed by atoms with E-state index in [-0.39, 0.29) is 11.9 Å². The minimum absolute atomic E-state index is 0.0322. The summed E-state index contributed by atoms with van der Waals surface area (Å²) in [6.07, 6.45) is 4.38. The highest BCUT2D eigenvalue weighted by Gasteiger charge is 2.26. The van der Waals surface area contributed by atoms with Crippen molar-refractivity contribution in [2.75, 3.05) is 33.4 Å². The normalized spacial score (nSPS) is 17.8. The Morgan fingerprint density at radius 2 is 2.00 bits per heavy atom. The van der Waals surface area contributed by atoms with Gasteiger partial charge in [0.2, 0.25) is 5.91 Å². The third kappa shape index (κ3) is 5.96. The molecule has 2 rings (SSSR count). The van der Waals surface area contributed by atoms with Crippen LogP contribution in [-0.4, -0.2) is 50.2 Å². The number of hydrogen-bond acceptors (Lipinski definition) is 3. The molecule has 1 fully saturated rings. The van der Waals surface area contributed by atoms with Crippen molar-refractivity contribution >= 4 is 5.91 Å². The van der Waals surface area contributed by atoms with E-state index in [1.807, 2.05) is 6.92 Å². The summed E-state index contributed by atoms with van der Waals surface area (Å²) in [5.74, 6) is 0.883. The maximum Gasteiger partial charge on any atom is 0.237 e. The van der Waals surface area contributed by atoms with Gasteiger partial charge in [-0.1, -0.05) is 30.3 Å². The highest BCUT2D eigenvalue weighted by molar-refractivity contribution is 5.81. The molecule has 4 nitrogen and oxygen atoms in total. The van der Waals surface area contributed by atoms with Gasteiger partial charge in [-0.3, -0.25) is 9.69 Å². The SMILES string of the molecule is COCCCNC(=O)C(C)N1CCC(Cc2ccccc2)CC1. The van der Waals surface area contributed by atoms with Crippen LogP contribution in [0.5, 0.6) is 0 Å². The van der Waals surface area contributed by atoms with Crippen molar-refractivity contribution in [2.24, 2.45) is 5.92 Å². The zero-order valence-corrected chi connectivity index (χ0v) is 14.5. The summed E-state index contributed by atoms with van der Waals surface area (Å²) in [5, 5.41) is 3.00. The molecule has 0 radical (unpaired) electrons. The number of carbonyl (C=O) groups excluding carboxylic acids is 1. The highest BCUT2D eigenvalue weighted by atomic mass is 16.5. The van der Waals surface area contributed by atoms with E-state index in [0.717, 1.165) is 31.8 Å². The highest BCUT2D eigenvalue weighted by Crippen LogP contribution is 2.22. The lowest BCUT2D eigenvalue weighted by Crippen LogP contribution is -2.48. The molecule has 0 saturated carbocycles. The van der Waals surface area contributed by atoms with E-state index in [2.05, 4.69) is 40.5 Å². The van der Waals surface area contributed by atoms with E-state index in [9.17, 15) is 4.79 Å². The quantitative estimate of drug-likeness (QED) is 0.749. The Labute approximate surface area is 140 Å². The average molecular weight is 318 g/mol. The summed E-state index contributed by atoms with van der Waals surface area (Å²) in [5.41, 5.74) is 1.43. The van der Waals surface area contributed by atoms with Crippen molar-refractivity contribution in [1.29, 1.82) is 0 Å². The van der Waals surface area contributed by atoms with E-state index in [1.54, 1.807) is 7.11 Å². The number of carbonyl (C=O) groups is 1. The number of likely N-dealkylation sites (tertiary alicyclic amines) is 1. The smallest absolute Gasteiger partial charge is 0.237 e. The number of methoxy groups -OCH3 is 1. The lowest BCUT2D eigenvalue weighted by atomic mass is 9.89. The minimum atomic E-state index is -0.0322. The van der Waals surface area contributed by atoms with Crippen LogP contribution in [0.25, 0.3) is 0 Å². The molecule has 23 heavy (non-hydrogen) atoms. The molecule has 1 N–H and O–H groups in total. The van der Waals surface area contributed by atoms with Crippen LogP contribution < -0.4 is 5.32 Å². The van der Waals surface area contributed by atoms with Crippen LogP contribution in [0.15, 0.2) is 30.3 Å². The fourth-order valence-electron chi connectivity index (χ4n) is 3.23. The lowest BCUT2D eigenvalue weighted by Gasteiger charge is -2.35. The first-order valence-corrected chi connectivity index (χ1v) is 8.75. The van der Waals surface area contributed by atoms with E-state index in [0.29, 0.717) is 13.2 Å². The van der Waals surface area contributed by atoms with Crippen LogP contribution in [0.4, 0.5) is 0 Å². The summed E-state index contributed by atoms with van der Waals surface area (Å²) < 4.78 is 5.00. The largest absolute Gasteiger partial charge is 0.385 e. The maximum atomic E-state index is 12.2. The van der Waals surface area contributed by atoms with Gasteiger partial charge in [0.05, 0.1) is 6.04 Å². The molecule has 128 valence electrons. The van der Waals surface area contributed by atoms with E-state index < -0.39 is 0 Å². The van der Waals surface area contributed by atoms with E-state index in [4.69, 9.17) is 4.74 Å². The van der Waals surface area contributed by atoms with E-state index in [1.165, 1.54) is 18.4 Å². The Hall–Kier alpha value is -1.39. The predicted octanol–water partition coefficient (Wildman–Crippen LogP) is 2.48. The summed E-state index contributed by atoms with van der Waals surface area (Å²) in [6.45, 7) is 5.44. The molecule has 1 aromatic carbocycles. The molecule has 1 unspecified atom stereocenters. The van der Waals surface area contributed by atoms with Crippen molar-refractivity contribution in [1.82, 2.24) is 10.2 Å². The molecule has 1 amide bonds. The van der Waals surface area contributed by atoms with Gasteiger partial charge in [-0.05, 0) is 57.2 Å². The molecule has 0 aliphatic carbocycles. The van der Waals surface area contributed by atoms with E-state index >= 15 is 0 Å². The first kappa shape index (κ1) is 18.0. The van der Waals surface area contributed by atoms with Gasteiger partial charge in [0.1, 0.15) is 0 Å². The number of nitrogens with one attached hydrogen (secondary N) is 1. The Kier molecular flexibility index (Phi) is 7.56. The van der Waals surface area contributed by atoms with Crippen molar-refractivity contribution < 1.29 is 9.53 Å². The molecule has 1 saturated heterocycles. The monoisotopic (exact) mass is 318 g/mol. The van der Waals surface area contributed by atoms with Crippen molar-refractivity contribution in [3.8, 4) is 0 Å². The Morgan fingerprint density at radius 1 is 1.30 bits per heavy atom.